The van der Waals surface area contributed by atoms with Crippen LogP contribution in [0.1, 0.15) is 6.92 Å². The summed E-state index contributed by atoms with van der Waals surface area (Å²) < 4.78 is 2.34. The molecule has 1 aliphatic heterocycles. The van der Waals surface area contributed by atoms with Crippen molar-refractivity contribution >= 4 is 34.6 Å². The van der Waals surface area contributed by atoms with E-state index in [1.165, 1.54) is 11.6 Å². The average molecular weight is 229 g/mol. The normalized spacial score (nSPS) is 34.3. The van der Waals surface area contributed by atoms with Gasteiger partial charge in [0.25, 0.3) is 0 Å². The van der Waals surface area contributed by atoms with Gasteiger partial charge in [-0.2, -0.15) is 0 Å². The summed E-state index contributed by atoms with van der Waals surface area (Å²) in [7, 11) is 0. The lowest BCUT2D eigenvalue weighted by molar-refractivity contribution is 0.522. The number of rotatable bonds is 0. The molecule has 0 saturated carbocycles. The van der Waals surface area contributed by atoms with Gasteiger partial charge in [0, 0.05) is 34.7 Å². The fourth-order valence-corrected chi connectivity index (χ4v) is 2.63. The van der Waals surface area contributed by atoms with Crippen LogP contribution < -0.4 is 0 Å². The van der Waals surface area contributed by atoms with Gasteiger partial charge in [0.05, 0.1) is 5.88 Å². The molecule has 1 aliphatic rings. The minimum Gasteiger partial charge on any atom is -0.234 e. The maximum absolute atomic E-state index is 2.37. The summed E-state index contributed by atoms with van der Waals surface area (Å²) in [5.74, 6) is 2.52. The number of hydrogen-bond donors (Lipinski definition) is 0. The standard InChI is InChI=1S/C4H8INS/c1-4-2-7-3-6(4)5/h4H,2-3H2,1H3/t4-/m1/s1. The van der Waals surface area contributed by atoms with Crippen LogP contribution in [-0.2, 0) is 0 Å². The first-order valence-electron chi connectivity index (χ1n) is 2.31. The lowest BCUT2D eigenvalue weighted by atomic mass is 10.4. The number of nitrogens with zero attached hydrogens (tertiary/aromatic N) is 1. The zero-order valence-corrected chi connectivity index (χ0v) is 7.20. The Bertz CT molecular complexity index is 60.7. The summed E-state index contributed by atoms with van der Waals surface area (Å²) in [5, 5.41) is 0. The van der Waals surface area contributed by atoms with Crippen molar-refractivity contribution in [3.05, 3.63) is 0 Å². The van der Waals surface area contributed by atoms with Crippen molar-refractivity contribution in [2.75, 3.05) is 11.6 Å². The summed E-state index contributed by atoms with van der Waals surface area (Å²) in [6.07, 6.45) is 0. The number of thioether (sulfide) groups is 1. The Kier molecular flexibility index (Phi) is 2.24. The third-order valence-corrected chi connectivity index (χ3v) is 3.99. The van der Waals surface area contributed by atoms with Crippen LogP contribution in [0.5, 0.6) is 0 Å². The van der Waals surface area contributed by atoms with Crippen molar-refractivity contribution in [2.24, 2.45) is 0 Å². The number of halogens is 1. The molecule has 0 N–H and O–H groups in total. The zero-order valence-electron chi connectivity index (χ0n) is 4.22. The fourth-order valence-electron chi connectivity index (χ4n) is 0.519. The van der Waals surface area contributed by atoms with Gasteiger partial charge in [-0.3, -0.25) is 0 Å². The Balaban J connectivity index is 2.33. The van der Waals surface area contributed by atoms with E-state index in [4.69, 9.17) is 0 Å². The van der Waals surface area contributed by atoms with Gasteiger partial charge in [-0.05, 0) is 6.92 Å². The molecule has 0 aromatic carbocycles. The molecule has 1 rings (SSSR count). The Morgan fingerprint density at radius 3 is 2.71 bits per heavy atom. The zero-order chi connectivity index (χ0) is 5.28. The van der Waals surface area contributed by atoms with Crippen LogP contribution in [0.25, 0.3) is 0 Å². The minimum atomic E-state index is 0.797. The molecule has 0 bridgehead atoms. The van der Waals surface area contributed by atoms with Crippen LogP contribution in [0.4, 0.5) is 0 Å². The van der Waals surface area contributed by atoms with Crippen LogP contribution in [0.3, 0.4) is 0 Å². The van der Waals surface area contributed by atoms with Gasteiger partial charge in [-0.25, -0.2) is 3.11 Å². The first-order valence-corrected chi connectivity index (χ1v) is 4.43. The molecule has 1 saturated heterocycles. The summed E-state index contributed by atoms with van der Waals surface area (Å²) in [4.78, 5) is 0. The molecule has 0 aromatic heterocycles. The van der Waals surface area contributed by atoms with Gasteiger partial charge in [0.1, 0.15) is 0 Å². The quantitative estimate of drug-likeness (QED) is 0.459. The SMILES string of the molecule is C[C@@H]1CSCN1I. The lowest BCUT2D eigenvalue weighted by Gasteiger charge is -2.07. The second-order valence-electron chi connectivity index (χ2n) is 1.75. The topological polar surface area (TPSA) is 3.24 Å². The molecule has 0 radical (unpaired) electrons. The second kappa shape index (κ2) is 2.55. The molecule has 1 atom stereocenters. The number of hydrogen-bond acceptors (Lipinski definition) is 2. The van der Waals surface area contributed by atoms with Crippen LogP contribution in [0.15, 0.2) is 0 Å². The first-order chi connectivity index (χ1) is 3.30. The van der Waals surface area contributed by atoms with Crippen LogP contribution >= 0.6 is 34.6 Å². The van der Waals surface area contributed by atoms with E-state index in [0.717, 1.165) is 6.04 Å². The Hall–Kier alpha value is 1.04. The van der Waals surface area contributed by atoms with E-state index in [-0.39, 0.29) is 0 Å². The molecule has 3 heteroatoms. The smallest absolute Gasteiger partial charge is 0.0542 e. The van der Waals surface area contributed by atoms with Gasteiger partial charge in [0.15, 0.2) is 0 Å². The Labute approximate surface area is 62.3 Å². The van der Waals surface area contributed by atoms with Gasteiger partial charge in [-0.15, -0.1) is 11.8 Å². The fraction of sp³-hybridized carbons (Fsp3) is 1.00. The van der Waals surface area contributed by atoms with Gasteiger partial charge in [-0.1, -0.05) is 0 Å². The van der Waals surface area contributed by atoms with E-state index in [1.54, 1.807) is 0 Å². The second-order valence-corrected chi connectivity index (χ2v) is 3.99. The predicted octanol–water partition coefficient (Wildman–Crippen LogP) is 1.73. The molecule has 0 unspecified atom stereocenters. The maximum Gasteiger partial charge on any atom is 0.0542 e. The predicted molar refractivity (Wildman–Crippen MR) is 42.6 cm³/mol. The molecular weight excluding hydrogens is 221 g/mol. The summed E-state index contributed by atoms with van der Waals surface area (Å²) in [6.45, 7) is 2.26. The van der Waals surface area contributed by atoms with E-state index < -0.39 is 0 Å². The minimum absolute atomic E-state index is 0.797. The molecule has 1 fully saturated rings. The molecule has 0 spiro atoms. The van der Waals surface area contributed by atoms with Gasteiger partial charge in [0.2, 0.25) is 0 Å². The Morgan fingerprint density at radius 2 is 2.57 bits per heavy atom. The highest BCUT2D eigenvalue weighted by Crippen LogP contribution is 2.23. The summed E-state index contributed by atoms with van der Waals surface area (Å²) >= 11 is 4.38. The van der Waals surface area contributed by atoms with Crippen molar-refractivity contribution in [1.29, 1.82) is 0 Å². The third-order valence-electron chi connectivity index (χ3n) is 1.05. The highest BCUT2D eigenvalue weighted by molar-refractivity contribution is 14.1. The van der Waals surface area contributed by atoms with E-state index in [0.29, 0.717) is 0 Å². The molecule has 0 aromatic rings. The highest BCUT2D eigenvalue weighted by Gasteiger charge is 2.16. The molecular formula is C4H8INS. The molecule has 1 nitrogen and oxygen atoms in total. The molecule has 42 valence electrons. The van der Waals surface area contributed by atoms with Crippen molar-refractivity contribution < 1.29 is 0 Å². The third kappa shape index (κ3) is 1.47. The first kappa shape index (κ1) is 6.16. The van der Waals surface area contributed by atoms with Crippen molar-refractivity contribution in [1.82, 2.24) is 3.11 Å². The highest BCUT2D eigenvalue weighted by atomic mass is 127. The van der Waals surface area contributed by atoms with Gasteiger partial charge < -0.3 is 0 Å². The van der Waals surface area contributed by atoms with Crippen molar-refractivity contribution in [2.45, 2.75) is 13.0 Å². The molecule has 7 heavy (non-hydrogen) atoms. The lowest BCUT2D eigenvalue weighted by Crippen LogP contribution is -2.15. The molecule has 1 heterocycles. The van der Waals surface area contributed by atoms with Gasteiger partial charge >= 0.3 is 0 Å². The molecule has 0 amide bonds. The van der Waals surface area contributed by atoms with Crippen molar-refractivity contribution in [3.8, 4) is 0 Å². The largest absolute Gasteiger partial charge is 0.234 e. The average Bonchev–Trinajstić information content (AvgIpc) is 1.91. The molecule has 0 aliphatic carbocycles. The Morgan fingerprint density at radius 1 is 1.86 bits per heavy atom. The van der Waals surface area contributed by atoms with Crippen molar-refractivity contribution in [3.63, 3.8) is 0 Å². The maximum atomic E-state index is 2.37. The van der Waals surface area contributed by atoms with Crippen LogP contribution in [-0.4, -0.2) is 20.8 Å². The van der Waals surface area contributed by atoms with Crippen LogP contribution in [0, 0.1) is 0 Å². The van der Waals surface area contributed by atoms with E-state index >= 15 is 0 Å². The monoisotopic (exact) mass is 229 g/mol. The van der Waals surface area contributed by atoms with E-state index in [2.05, 4.69) is 32.9 Å². The summed E-state index contributed by atoms with van der Waals surface area (Å²) in [5.41, 5.74) is 0. The van der Waals surface area contributed by atoms with E-state index in [9.17, 15) is 0 Å². The van der Waals surface area contributed by atoms with Crippen LogP contribution in [0.2, 0.25) is 0 Å². The summed E-state index contributed by atoms with van der Waals surface area (Å²) in [6, 6.07) is 0.797. The van der Waals surface area contributed by atoms with E-state index in [1.807, 2.05) is 11.8 Å².